The number of anilines is 1. The van der Waals surface area contributed by atoms with Gasteiger partial charge in [0.25, 0.3) is 0 Å². The van der Waals surface area contributed by atoms with E-state index >= 15 is 0 Å². The maximum Gasteiger partial charge on any atom is 0.191 e. The first-order chi connectivity index (χ1) is 13.5. The van der Waals surface area contributed by atoms with Crippen molar-refractivity contribution in [2.24, 2.45) is 4.99 Å². The average molecular weight is 403 g/mol. The second-order valence-electron chi connectivity index (χ2n) is 6.95. The molecule has 8 heteroatoms. The van der Waals surface area contributed by atoms with Gasteiger partial charge in [0, 0.05) is 30.7 Å². The van der Waals surface area contributed by atoms with Crippen molar-refractivity contribution in [2.75, 3.05) is 31.1 Å². The molecule has 2 aromatic heterocycles. The number of aromatic nitrogens is 2. The molecule has 152 valence electrons. The number of rotatable bonds is 6. The molecule has 2 aromatic rings. The van der Waals surface area contributed by atoms with Crippen molar-refractivity contribution < 1.29 is 4.74 Å². The fourth-order valence-corrected chi connectivity index (χ4v) is 3.92. The lowest BCUT2D eigenvalue weighted by molar-refractivity contribution is 0.0529. The standard InChI is InChI=1S/C20H30N6OS/c1-5-21-20(24-12-19-25-15(3)16(4)28-19)23-11-17-6-7-22-18(10-17)26-8-9-27-14(2)13-26/h6-7,10,14H,5,8-9,11-13H2,1-4H3,(H2,21,23,24). The highest BCUT2D eigenvalue weighted by Gasteiger charge is 2.18. The molecule has 0 radical (unpaired) electrons. The molecule has 1 fully saturated rings. The van der Waals surface area contributed by atoms with Gasteiger partial charge in [-0.3, -0.25) is 0 Å². The van der Waals surface area contributed by atoms with Gasteiger partial charge in [0.15, 0.2) is 5.96 Å². The van der Waals surface area contributed by atoms with Crippen LogP contribution < -0.4 is 15.5 Å². The summed E-state index contributed by atoms with van der Waals surface area (Å²) in [5, 5.41) is 7.75. The Balaban J connectivity index is 1.62. The van der Waals surface area contributed by atoms with Crippen LogP contribution in [0.3, 0.4) is 0 Å². The highest BCUT2D eigenvalue weighted by molar-refractivity contribution is 7.11. The molecule has 1 saturated heterocycles. The third-order valence-electron chi connectivity index (χ3n) is 4.62. The van der Waals surface area contributed by atoms with Crippen LogP contribution in [-0.2, 0) is 17.8 Å². The van der Waals surface area contributed by atoms with Crippen molar-refractivity contribution in [3.63, 3.8) is 0 Å². The predicted octanol–water partition coefficient (Wildman–Crippen LogP) is 2.64. The predicted molar refractivity (Wildman–Crippen MR) is 115 cm³/mol. The number of hydrogen-bond donors (Lipinski definition) is 2. The van der Waals surface area contributed by atoms with E-state index in [1.54, 1.807) is 11.3 Å². The van der Waals surface area contributed by atoms with Crippen LogP contribution in [0.5, 0.6) is 0 Å². The van der Waals surface area contributed by atoms with Gasteiger partial charge in [0.1, 0.15) is 10.8 Å². The summed E-state index contributed by atoms with van der Waals surface area (Å²) in [5.74, 6) is 1.79. The summed E-state index contributed by atoms with van der Waals surface area (Å²) >= 11 is 1.73. The molecule has 7 nitrogen and oxygen atoms in total. The van der Waals surface area contributed by atoms with Crippen LogP contribution in [0.25, 0.3) is 0 Å². The Hall–Kier alpha value is -2.19. The van der Waals surface area contributed by atoms with E-state index in [9.17, 15) is 0 Å². The average Bonchev–Trinajstić information content (AvgIpc) is 3.02. The second-order valence-corrected chi connectivity index (χ2v) is 8.24. The molecule has 1 aliphatic heterocycles. The highest BCUT2D eigenvalue weighted by atomic mass is 32.1. The van der Waals surface area contributed by atoms with Crippen LogP contribution in [0, 0.1) is 13.8 Å². The number of morpholine rings is 1. The number of guanidine groups is 1. The molecule has 1 atom stereocenters. The number of aliphatic imine (C=N–C) groups is 1. The summed E-state index contributed by atoms with van der Waals surface area (Å²) < 4.78 is 5.63. The van der Waals surface area contributed by atoms with Crippen molar-refractivity contribution in [3.05, 3.63) is 39.5 Å². The summed E-state index contributed by atoms with van der Waals surface area (Å²) in [5.41, 5.74) is 2.24. The first kappa shape index (κ1) is 20.5. The summed E-state index contributed by atoms with van der Waals surface area (Å²) in [4.78, 5) is 17.4. The Morgan fingerprint density at radius 1 is 1.39 bits per heavy atom. The number of ether oxygens (including phenoxy) is 1. The SMILES string of the molecule is CCNC(=NCc1ccnc(N2CCOC(C)C2)c1)NCc1nc(C)c(C)s1. The monoisotopic (exact) mass is 402 g/mol. The van der Waals surface area contributed by atoms with Crippen molar-refractivity contribution in [2.45, 2.75) is 46.9 Å². The summed E-state index contributed by atoms with van der Waals surface area (Å²) in [7, 11) is 0. The molecule has 0 spiro atoms. The van der Waals surface area contributed by atoms with Crippen molar-refractivity contribution >= 4 is 23.1 Å². The molecule has 28 heavy (non-hydrogen) atoms. The van der Waals surface area contributed by atoms with E-state index in [0.29, 0.717) is 13.1 Å². The molecule has 3 rings (SSSR count). The Bertz CT molecular complexity index is 786. The Labute approximate surface area is 171 Å². The largest absolute Gasteiger partial charge is 0.375 e. The third-order valence-corrected chi connectivity index (χ3v) is 5.69. The minimum Gasteiger partial charge on any atom is -0.375 e. The quantitative estimate of drug-likeness (QED) is 0.572. The number of nitrogens with one attached hydrogen (secondary N) is 2. The first-order valence-electron chi connectivity index (χ1n) is 9.81. The zero-order valence-electron chi connectivity index (χ0n) is 17.2. The zero-order valence-corrected chi connectivity index (χ0v) is 18.0. The van der Waals surface area contributed by atoms with Crippen LogP contribution >= 0.6 is 11.3 Å². The highest BCUT2D eigenvalue weighted by Crippen LogP contribution is 2.17. The molecule has 3 heterocycles. The maximum absolute atomic E-state index is 5.63. The maximum atomic E-state index is 5.63. The molecule has 0 bridgehead atoms. The summed E-state index contributed by atoms with van der Waals surface area (Å²) in [6, 6.07) is 4.15. The minimum absolute atomic E-state index is 0.236. The lowest BCUT2D eigenvalue weighted by atomic mass is 10.2. The molecule has 1 aliphatic rings. The fraction of sp³-hybridized carbons (Fsp3) is 0.550. The summed E-state index contributed by atoms with van der Waals surface area (Å²) in [6.45, 7) is 12.9. The van der Waals surface area contributed by atoms with Crippen LogP contribution in [0.2, 0.25) is 0 Å². The number of nitrogens with zero attached hydrogens (tertiary/aromatic N) is 4. The van der Waals surface area contributed by atoms with Crippen molar-refractivity contribution in [1.29, 1.82) is 0 Å². The summed E-state index contributed by atoms with van der Waals surface area (Å²) in [6.07, 6.45) is 2.10. The molecule has 2 N–H and O–H groups in total. The molecule has 1 unspecified atom stereocenters. The Kier molecular flexibility index (Phi) is 7.22. The van der Waals surface area contributed by atoms with Gasteiger partial charge >= 0.3 is 0 Å². The molecular weight excluding hydrogens is 372 g/mol. The van der Waals surface area contributed by atoms with E-state index in [1.165, 1.54) is 4.88 Å². The van der Waals surface area contributed by atoms with Gasteiger partial charge in [-0.25, -0.2) is 15.0 Å². The molecule has 0 aliphatic carbocycles. The lowest BCUT2D eigenvalue weighted by Crippen LogP contribution is -2.41. The topological polar surface area (TPSA) is 74.7 Å². The number of thiazole rings is 1. The normalized spacial score (nSPS) is 17.6. The number of hydrogen-bond acceptors (Lipinski definition) is 6. The Morgan fingerprint density at radius 3 is 2.96 bits per heavy atom. The van der Waals surface area contributed by atoms with Crippen molar-refractivity contribution in [3.8, 4) is 0 Å². The lowest BCUT2D eigenvalue weighted by Gasteiger charge is -2.32. The molecular formula is C20H30N6OS. The Morgan fingerprint density at radius 2 is 2.25 bits per heavy atom. The van der Waals surface area contributed by atoms with Crippen LogP contribution in [0.4, 0.5) is 5.82 Å². The minimum atomic E-state index is 0.236. The van der Waals surface area contributed by atoms with Crippen LogP contribution in [0.15, 0.2) is 23.3 Å². The molecule has 0 amide bonds. The van der Waals surface area contributed by atoms with E-state index in [1.807, 2.05) is 19.2 Å². The second kappa shape index (κ2) is 9.84. The van der Waals surface area contributed by atoms with E-state index in [2.05, 4.69) is 52.3 Å². The smallest absolute Gasteiger partial charge is 0.191 e. The van der Waals surface area contributed by atoms with Crippen LogP contribution in [0.1, 0.15) is 35.0 Å². The zero-order chi connectivity index (χ0) is 19.9. The van der Waals surface area contributed by atoms with Gasteiger partial charge in [-0.1, -0.05) is 0 Å². The third kappa shape index (κ3) is 5.65. The molecule has 0 aromatic carbocycles. The van der Waals surface area contributed by atoms with Gasteiger partial charge in [0.2, 0.25) is 0 Å². The van der Waals surface area contributed by atoms with E-state index in [-0.39, 0.29) is 6.10 Å². The first-order valence-corrected chi connectivity index (χ1v) is 10.6. The van der Waals surface area contributed by atoms with E-state index in [0.717, 1.165) is 54.3 Å². The van der Waals surface area contributed by atoms with Gasteiger partial charge in [0.05, 0.1) is 31.5 Å². The van der Waals surface area contributed by atoms with E-state index < -0.39 is 0 Å². The van der Waals surface area contributed by atoms with Gasteiger partial charge in [-0.15, -0.1) is 11.3 Å². The number of aryl methyl sites for hydroxylation is 2. The molecule has 0 saturated carbocycles. The number of pyridine rings is 1. The van der Waals surface area contributed by atoms with Crippen molar-refractivity contribution in [1.82, 2.24) is 20.6 Å². The van der Waals surface area contributed by atoms with Gasteiger partial charge < -0.3 is 20.3 Å². The van der Waals surface area contributed by atoms with Crippen LogP contribution in [-0.4, -0.2) is 48.3 Å². The van der Waals surface area contributed by atoms with E-state index in [4.69, 9.17) is 9.73 Å². The fourth-order valence-electron chi connectivity index (χ4n) is 3.04. The van der Waals surface area contributed by atoms with Gasteiger partial charge in [-0.05, 0) is 45.4 Å². The van der Waals surface area contributed by atoms with Gasteiger partial charge in [-0.2, -0.15) is 0 Å².